The van der Waals surface area contributed by atoms with Gasteiger partial charge in [-0.1, -0.05) is 64.2 Å². The Balaban J connectivity index is 1.58. The third-order valence-corrected chi connectivity index (χ3v) is 4.14. The maximum Gasteiger partial charge on any atom is 0.130 e. The van der Waals surface area contributed by atoms with Gasteiger partial charge in [0.25, 0.3) is 0 Å². The van der Waals surface area contributed by atoms with Gasteiger partial charge in [0.2, 0.25) is 0 Å². The molecule has 0 aliphatic heterocycles. The molecule has 1 N–H and O–H groups in total. The quantitative estimate of drug-likeness (QED) is 0.670. The molecule has 0 aromatic heterocycles. The Kier molecular flexibility index (Phi) is 5.47. The van der Waals surface area contributed by atoms with Crippen LogP contribution in [-0.2, 0) is 0 Å². The van der Waals surface area contributed by atoms with Crippen molar-refractivity contribution in [1.29, 1.82) is 0 Å². The minimum atomic E-state index is -0.562. The number of unbranched alkanes of at least 4 members (excludes halogenated alkanes) is 3. The standard InChI is InChI=1S/C18H28O2/c1-15(2)10-6-3-4-9-13-18(19)14-17(18)20-16-11-7-5-8-12-16/h5,7-8,11-12,15,17,19H,3-4,6,9-10,13-14H2,1-2H3. The maximum atomic E-state index is 10.4. The van der Waals surface area contributed by atoms with Crippen LogP contribution in [0.2, 0.25) is 0 Å². The molecular formula is C18H28O2. The molecule has 2 rings (SSSR count). The first-order chi connectivity index (χ1) is 9.60. The van der Waals surface area contributed by atoms with Gasteiger partial charge in [-0.3, -0.25) is 0 Å². The minimum Gasteiger partial charge on any atom is -0.487 e. The van der Waals surface area contributed by atoms with E-state index in [4.69, 9.17) is 4.74 Å². The first-order valence-electron chi connectivity index (χ1n) is 8.04. The lowest BCUT2D eigenvalue weighted by atomic mass is 10.0. The molecule has 1 fully saturated rings. The average Bonchev–Trinajstić information content (AvgIpc) is 3.05. The lowest BCUT2D eigenvalue weighted by Crippen LogP contribution is -2.17. The molecule has 1 saturated carbocycles. The van der Waals surface area contributed by atoms with Crippen LogP contribution in [0.15, 0.2) is 30.3 Å². The molecule has 2 heteroatoms. The molecule has 0 spiro atoms. The van der Waals surface area contributed by atoms with Gasteiger partial charge in [0.05, 0.1) is 0 Å². The number of hydrogen-bond acceptors (Lipinski definition) is 2. The van der Waals surface area contributed by atoms with Crippen molar-refractivity contribution in [2.45, 2.75) is 70.5 Å². The van der Waals surface area contributed by atoms with Gasteiger partial charge in [-0.15, -0.1) is 0 Å². The van der Waals surface area contributed by atoms with Crippen LogP contribution in [0.1, 0.15) is 58.8 Å². The van der Waals surface area contributed by atoms with E-state index in [1.165, 1.54) is 25.7 Å². The lowest BCUT2D eigenvalue weighted by molar-refractivity contribution is 0.0851. The van der Waals surface area contributed by atoms with Gasteiger partial charge < -0.3 is 9.84 Å². The highest BCUT2D eigenvalue weighted by Crippen LogP contribution is 2.43. The highest BCUT2D eigenvalue weighted by atomic mass is 16.5. The van der Waals surface area contributed by atoms with Gasteiger partial charge in [-0.2, -0.15) is 0 Å². The summed E-state index contributed by atoms with van der Waals surface area (Å²) in [7, 11) is 0. The van der Waals surface area contributed by atoms with Gasteiger partial charge in [-0.05, 0) is 24.5 Å². The molecule has 1 aliphatic rings. The molecule has 1 aromatic carbocycles. The van der Waals surface area contributed by atoms with Crippen LogP contribution < -0.4 is 4.74 Å². The Morgan fingerprint density at radius 2 is 1.85 bits per heavy atom. The Hall–Kier alpha value is -1.02. The van der Waals surface area contributed by atoms with E-state index < -0.39 is 5.60 Å². The third-order valence-electron chi connectivity index (χ3n) is 4.14. The highest BCUT2D eigenvalue weighted by molar-refractivity contribution is 5.23. The molecule has 2 nitrogen and oxygen atoms in total. The molecule has 0 saturated heterocycles. The Labute approximate surface area is 123 Å². The van der Waals surface area contributed by atoms with Crippen LogP contribution >= 0.6 is 0 Å². The van der Waals surface area contributed by atoms with E-state index in [-0.39, 0.29) is 6.10 Å². The van der Waals surface area contributed by atoms with Crippen molar-refractivity contribution in [3.8, 4) is 5.75 Å². The molecule has 112 valence electrons. The average molecular weight is 276 g/mol. The van der Waals surface area contributed by atoms with Crippen molar-refractivity contribution in [3.05, 3.63) is 30.3 Å². The van der Waals surface area contributed by atoms with Crippen LogP contribution in [-0.4, -0.2) is 16.8 Å². The molecule has 0 amide bonds. The van der Waals surface area contributed by atoms with E-state index in [9.17, 15) is 5.11 Å². The van der Waals surface area contributed by atoms with E-state index >= 15 is 0 Å². The largest absolute Gasteiger partial charge is 0.487 e. The van der Waals surface area contributed by atoms with Crippen molar-refractivity contribution in [2.75, 3.05) is 0 Å². The summed E-state index contributed by atoms with van der Waals surface area (Å²) < 4.78 is 5.80. The SMILES string of the molecule is CC(C)CCCCCCC1(O)CC1Oc1ccccc1. The summed E-state index contributed by atoms with van der Waals surface area (Å²) in [5, 5.41) is 10.4. The minimum absolute atomic E-state index is 0.000522. The van der Waals surface area contributed by atoms with Gasteiger partial charge >= 0.3 is 0 Å². The van der Waals surface area contributed by atoms with E-state index in [2.05, 4.69) is 13.8 Å². The van der Waals surface area contributed by atoms with Crippen LogP contribution in [0.5, 0.6) is 5.75 Å². The topological polar surface area (TPSA) is 29.5 Å². The summed E-state index contributed by atoms with van der Waals surface area (Å²) in [6.45, 7) is 4.55. The molecule has 20 heavy (non-hydrogen) atoms. The lowest BCUT2D eigenvalue weighted by Gasteiger charge is -2.11. The summed E-state index contributed by atoms with van der Waals surface area (Å²) in [5.41, 5.74) is -0.562. The predicted octanol–water partition coefficient (Wildman–Crippen LogP) is 4.57. The van der Waals surface area contributed by atoms with Crippen LogP contribution in [0.25, 0.3) is 0 Å². The second-order valence-electron chi connectivity index (χ2n) is 6.57. The second-order valence-corrected chi connectivity index (χ2v) is 6.57. The van der Waals surface area contributed by atoms with Gasteiger partial charge in [0.1, 0.15) is 17.5 Å². The summed E-state index contributed by atoms with van der Waals surface area (Å²) >= 11 is 0. The molecule has 0 heterocycles. The van der Waals surface area contributed by atoms with Crippen molar-refractivity contribution in [3.63, 3.8) is 0 Å². The number of para-hydroxylation sites is 1. The molecule has 0 radical (unpaired) electrons. The third kappa shape index (κ3) is 4.82. The van der Waals surface area contributed by atoms with E-state index in [0.717, 1.165) is 30.9 Å². The van der Waals surface area contributed by atoms with E-state index in [1.54, 1.807) is 0 Å². The fraction of sp³-hybridized carbons (Fsp3) is 0.667. The molecule has 2 atom stereocenters. The monoisotopic (exact) mass is 276 g/mol. The van der Waals surface area contributed by atoms with Crippen molar-refractivity contribution in [2.24, 2.45) is 5.92 Å². The van der Waals surface area contributed by atoms with Gasteiger partial charge in [0, 0.05) is 6.42 Å². The zero-order valence-electron chi connectivity index (χ0n) is 12.8. The Morgan fingerprint density at radius 1 is 1.15 bits per heavy atom. The summed E-state index contributed by atoms with van der Waals surface area (Å²) in [4.78, 5) is 0. The van der Waals surface area contributed by atoms with Gasteiger partial charge in [0.15, 0.2) is 0 Å². The fourth-order valence-corrected chi connectivity index (χ4v) is 2.68. The first kappa shape index (κ1) is 15.4. The highest BCUT2D eigenvalue weighted by Gasteiger charge is 2.54. The zero-order chi connectivity index (χ0) is 14.4. The first-order valence-corrected chi connectivity index (χ1v) is 8.04. The molecule has 1 aromatic rings. The number of ether oxygens (including phenoxy) is 1. The number of benzene rings is 1. The van der Waals surface area contributed by atoms with E-state index in [0.29, 0.717) is 0 Å². The number of hydrogen-bond donors (Lipinski definition) is 1. The Bertz CT molecular complexity index is 388. The second kappa shape index (κ2) is 7.12. The van der Waals surface area contributed by atoms with Gasteiger partial charge in [-0.25, -0.2) is 0 Å². The predicted molar refractivity (Wildman–Crippen MR) is 83.0 cm³/mol. The number of rotatable bonds is 9. The molecule has 1 aliphatic carbocycles. The zero-order valence-corrected chi connectivity index (χ0v) is 12.8. The van der Waals surface area contributed by atoms with Crippen LogP contribution in [0, 0.1) is 5.92 Å². The summed E-state index contributed by atoms with van der Waals surface area (Å²) in [6.07, 6.45) is 7.94. The van der Waals surface area contributed by atoms with Crippen LogP contribution in [0.4, 0.5) is 0 Å². The molecule has 0 bridgehead atoms. The smallest absolute Gasteiger partial charge is 0.130 e. The van der Waals surface area contributed by atoms with Crippen molar-refractivity contribution >= 4 is 0 Å². The Morgan fingerprint density at radius 3 is 2.55 bits per heavy atom. The maximum absolute atomic E-state index is 10.4. The fourth-order valence-electron chi connectivity index (χ4n) is 2.68. The summed E-state index contributed by atoms with van der Waals surface area (Å²) in [5.74, 6) is 1.68. The van der Waals surface area contributed by atoms with E-state index in [1.807, 2.05) is 30.3 Å². The van der Waals surface area contributed by atoms with Crippen molar-refractivity contribution in [1.82, 2.24) is 0 Å². The normalized spacial score (nSPS) is 24.9. The molecule has 2 unspecified atom stereocenters. The summed E-state index contributed by atoms with van der Waals surface area (Å²) in [6, 6.07) is 9.80. The van der Waals surface area contributed by atoms with Crippen LogP contribution in [0.3, 0.4) is 0 Å². The molecular weight excluding hydrogens is 248 g/mol. The van der Waals surface area contributed by atoms with Crippen molar-refractivity contribution < 1.29 is 9.84 Å². The number of aliphatic hydroxyl groups is 1.